The van der Waals surface area contributed by atoms with E-state index >= 15 is 0 Å². The van der Waals surface area contributed by atoms with Crippen molar-refractivity contribution in [3.8, 4) is 5.75 Å². The molecule has 3 heteroatoms. The van der Waals surface area contributed by atoms with Gasteiger partial charge in [0, 0.05) is 0 Å². The van der Waals surface area contributed by atoms with Gasteiger partial charge in [-0.05, 0) is 0 Å². The van der Waals surface area contributed by atoms with Gasteiger partial charge in [0.2, 0.25) is 0 Å². The normalized spacial score (nSPS) is 17.7. The van der Waals surface area contributed by atoms with E-state index in [1.165, 1.54) is 46.7 Å². The van der Waals surface area contributed by atoms with E-state index in [9.17, 15) is 0 Å². The third-order valence-corrected chi connectivity index (χ3v) is 18.0. The molecule has 1 saturated carbocycles. The van der Waals surface area contributed by atoms with E-state index < -0.39 is 25.9 Å². The Morgan fingerprint density at radius 3 is 2.03 bits per heavy atom. The molecule has 0 aliphatic heterocycles. The van der Waals surface area contributed by atoms with Crippen molar-refractivity contribution in [2.45, 2.75) is 119 Å². The van der Waals surface area contributed by atoms with Crippen molar-refractivity contribution in [2.24, 2.45) is 10.8 Å². The van der Waals surface area contributed by atoms with Crippen molar-refractivity contribution in [2.75, 3.05) is 0 Å². The van der Waals surface area contributed by atoms with Crippen LogP contribution in [0.25, 0.3) is 0 Å². The zero-order valence-electron chi connectivity index (χ0n) is 24.4. The minimum atomic E-state index is -2.18. The van der Waals surface area contributed by atoms with Crippen LogP contribution in [-0.4, -0.2) is 11.9 Å². The Bertz CT molecular complexity index is 941. The molecule has 0 unspecified atom stereocenters. The summed E-state index contributed by atoms with van der Waals surface area (Å²) in [7, 11) is -1.64. The van der Waals surface area contributed by atoms with Crippen molar-refractivity contribution in [1.82, 2.24) is 0 Å². The topological polar surface area (TPSA) is 9.23 Å². The number of hydrogen-bond donors (Lipinski definition) is 0. The predicted octanol–water partition coefficient (Wildman–Crippen LogP) is 9.29. The molecule has 1 nitrogen and oxygen atoms in total. The van der Waals surface area contributed by atoms with Gasteiger partial charge in [0.25, 0.3) is 0 Å². The fourth-order valence-electron chi connectivity index (χ4n) is 5.37. The summed E-state index contributed by atoms with van der Waals surface area (Å²) in [5.41, 5.74) is 1.77. The summed E-state index contributed by atoms with van der Waals surface area (Å²) in [6, 6.07) is 7.10. The summed E-state index contributed by atoms with van der Waals surface area (Å²) in [6.07, 6.45) is 13.5. The van der Waals surface area contributed by atoms with Crippen molar-refractivity contribution < 1.29 is 21.1 Å². The Hall–Kier alpha value is -0.699. The SMILES string of the molecule is CC=CC=[C]([Ti]([O]c1cc(C)cc([Si](C)(C)C(C)(C)C)c1)=[C](C)C)C1(C(C)(C)C)CCCCC1. The minimum absolute atomic E-state index is 0.219. The summed E-state index contributed by atoms with van der Waals surface area (Å²) >= 11 is -2.18. The standard InChI is InChI=1S/C15H25.C13H22OSi.C3H6.Ti/c1-5-6-8-11-15(14(2,3)4)12-9-7-10-13-15;1-10-7-11(14)9-12(8-10)15(5,6)13(2,3)4;1-3-2;/h5-6,8H,7,9-10,12-13H2,1-4H3;7-9,14H,1-6H3;1-2H3;/q;;;+1/p-1. The van der Waals surface area contributed by atoms with Crippen molar-refractivity contribution >= 4 is 17.1 Å². The number of rotatable bonds is 6. The molecule has 190 valence electrons. The Balaban J connectivity index is 2.67. The second-order valence-corrected chi connectivity index (χ2v) is 22.4. The molecule has 0 aromatic heterocycles. The fraction of sp³-hybridized carbons (Fsp3) is 0.645. The Morgan fingerprint density at radius 2 is 1.56 bits per heavy atom. The molecule has 1 aliphatic carbocycles. The molecule has 1 aliphatic rings. The van der Waals surface area contributed by atoms with Crippen LogP contribution in [0, 0.1) is 17.8 Å². The molecule has 0 spiro atoms. The molecule has 0 amide bonds. The molecule has 1 aromatic rings. The van der Waals surface area contributed by atoms with Gasteiger partial charge in [-0.1, -0.05) is 0 Å². The molecular formula is C31H52OSiTi. The molecule has 0 N–H and O–H groups in total. The Morgan fingerprint density at radius 1 is 0.971 bits per heavy atom. The first-order chi connectivity index (χ1) is 15.6. The number of benzene rings is 1. The zero-order valence-corrected chi connectivity index (χ0v) is 27.0. The summed E-state index contributed by atoms with van der Waals surface area (Å²) < 4.78 is 10.3. The van der Waals surface area contributed by atoms with E-state index in [1.807, 2.05) is 0 Å². The average Bonchev–Trinajstić information content (AvgIpc) is 2.71. The molecule has 1 fully saturated rings. The van der Waals surface area contributed by atoms with Crippen LogP contribution in [0.3, 0.4) is 0 Å². The van der Waals surface area contributed by atoms with Crippen LogP contribution in [0.1, 0.15) is 100.0 Å². The van der Waals surface area contributed by atoms with E-state index in [-0.39, 0.29) is 10.8 Å². The predicted molar refractivity (Wildman–Crippen MR) is 153 cm³/mol. The fourth-order valence-corrected chi connectivity index (χ4v) is 11.3. The molecule has 0 bridgehead atoms. The third kappa shape index (κ3) is 6.35. The molecular weight excluding hydrogens is 464 g/mol. The summed E-state index contributed by atoms with van der Waals surface area (Å²) in [4.78, 5) is 0. The third-order valence-electron chi connectivity index (χ3n) is 8.68. The van der Waals surface area contributed by atoms with E-state index in [0.29, 0.717) is 5.04 Å². The van der Waals surface area contributed by atoms with Crippen LogP contribution in [0.2, 0.25) is 18.1 Å². The van der Waals surface area contributed by atoms with Gasteiger partial charge in [0.1, 0.15) is 0 Å². The van der Waals surface area contributed by atoms with Gasteiger partial charge >= 0.3 is 220 Å². The first kappa shape index (κ1) is 29.5. The number of hydrogen-bond acceptors (Lipinski definition) is 1. The number of aryl methyl sites for hydroxylation is 1. The van der Waals surface area contributed by atoms with Crippen LogP contribution >= 0.6 is 0 Å². The van der Waals surface area contributed by atoms with Gasteiger partial charge in [-0.15, -0.1) is 0 Å². The molecule has 0 atom stereocenters. The summed E-state index contributed by atoms with van der Waals surface area (Å²) in [5.74, 6) is 1.10. The summed E-state index contributed by atoms with van der Waals surface area (Å²) in [5, 5.41) is 1.82. The average molecular weight is 517 g/mol. The Labute approximate surface area is 219 Å². The van der Waals surface area contributed by atoms with Gasteiger partial charge in [0.05, 0.1) is 0 Å². The quantitative estimate of drug-likeness (QED) is 0.270. The van der Waals surface area contributed by atoms with E-state index in [1.54, 1.807) is 3.88 Å². The van der Waals surface area contributed by atoms with Gasteiger partial charge < -0.3 is 0 Å². The molecule has 0 radical (unpaired) electrons. The van der Waals surface area contributed by atoms with Crippen LogP contribution in [-0.2, 0) is 17.8 Å². The molecule has 1 aromatic carbocycles. The molecule has 34 heavy (non-hydrogen) atoms. The van der Waals surface area contributed by atoms with Gasteiger partial charge in [-0.3, -0.25) is 0 Å². The van der Waals surface area contributed by atoms with Crippen molar-refractivity contribution in [3.05, 3.63) is 45.9 Å². The number of allylic oxidation sites excluding steroid dienone is 4. The first-order valence-electron chi connectivity index (χ1n) is 13.4. The zero-order chi connectivity index (χ0) is 25.9. The van der Waals surface area contributed by atoms with Crippen LogP contribution in [0.5, 0.6) is 5.75 Å². The monoisotopic (exact) mass is 516 g/mol. The Kier molecular flexibility index (Phi) is 9.68. The van der Waals surface area contributed by atoms with E-state index in [0.717, 1.165) is 5.75 Å². The first-order valence-corrected chi connectivity index (χ1v) is 18.6. The van der Waals surface area contributed by atoms with Gasteiger partial charge in [-0.25, -0.2) is 0 Å². The molecule has 2 rings (SSSR count). The van der Waals surface area contributed by atoms with Crippen LogP contribution in [0.4, 0.5) is 0 Å². The van der Waals surface area contributed by atoms with Gasteiger partial charge in [-0.2, -0.15) is 0 Å². The van der Waals surface area contributed by atoms with E-state index in [2.05, 4.69) is 119 Å². The van der Waals surface area contributed by atoms with Gasteiger partial charge in [0.15, 0.2) is 0 Å². The maximum atomic E-state index is 7.19. The van der Waals surface area contributed by atoms with Crippen LogP contribution in [0.15, 0.2) is 40.3 Å². The van der Waals surface area contributed by atoms with E-state index in [4.69, 9.17) is 3.32 Å². The second-order valence-electron chi connectivity index (χ2n) is 13.3. The second kappa shape index (κ2) is 11.1. The maximum absolute atomic E-state index is 7.19. The van der Waals surface area contributed by atoms with Crippen molar-refractivity contribution in [1.29, 1.82) is 0 Å². The molecule has 0 saturated heterocycles. The molecule has 0 heterocycles. The van der Waals surface area contributed by atoms with Crippen LogP contribution < -0.4 is 8.51 Å². The van der Waals surface area contributed by atoms with Crippen molar-refractivity contribution in [3.63, 3.8) is 0 Å². The summed E-state index contributed by atoms with van der Waals surface area (Å²) in [6.45, 7) is 28.6.